The third kappa shape index (κ3) is 2.01. The number of hydrogen-bond donors (Lipinski definition) is 0. The molecule has 1 aromatic rings. The van der Waals surface area contributed by atoms with Gasteiger partial charge in [-0.2, -0.15) is 0 Å². The van der Waals surface area contributed by atoms with E-state index in [9.17, 15) is 4.79 Å². The van der Waals surface area contributed by atoms with Crippen molar-refractivity contribution in [3.8, 4) is 0 Å². The molecular weight excluding hydrogens is 210 g/mol. The highest BCUT2D eigenvalue weighted by molar-refractivity contribution is 8.01. The Morgan fingerprint density at radius 2 is 2.27 bits per heavy atom. The molecule has 0 N–H and O–H groups in total. The van der Waals surface area contributed by atoms with Crippen LogP contribution < -0.4 is 0 Å². The predicted octanol–water partition coefficient (Wildman–Crippen LogP) is 1.72. The van der Waals surface area contributed by atoms with Crippen LogP contribution in [0.3, 0.4) is 0 Å². The minimum Gasteiger partial charge on any atom is -0.275 e. The molecular formula is C11H13NO2S. The molecule has 0 saturated carbocycles. The summed E-state index contributed by atoms with van der Waals surface area (Å²) < 4.78 is 0. The third-order valence-electron chi connectivity index (χ3n) is 2.51. The lowest BCUT2D eigenvalue weighted by Crippen LogP contribution is -2.33. The Labute approximate surface area is 93.4 Å². The molecule has 0 aliphatic carbocycles. The van der Waals surface area contributed by atoms with Crippen molar-refractivity contribution in [2.75, 3.05) is 14.2 Å². The molecule has 80 valence electrons. The van der Waals surface area contributed by atoms with Gasteiger partial charge >= 0.3 is 0 Å². The van der Waals surface area contributed by atoms with Gasteiger partial charge < -0.3 is 0 Å². The zero-order valence-electron chi connectivity index (χ0n) is 8.77. The first-order valence-electron chi connectivity index (χ1n) is 4.78. The normalized spacial score (nSPS) is 18.7. The van der Waals surface area contributed by atoms with Gasteiger partial charge in [-0.15, -0.1) is 11.8 Å². The van der Waals surface area contributed by atoms with Crippen LogP contribution >= 0.6 is 11.8 Å². The van der Waals surface area contributed by atoms with Crippen molar-refractivity contribution >= 4 is 17.7 Å². The van der Waals surface area contributed by atoms with Crippen LogP contribution in [0.25, 0.3) is 0 Å². The van der Waals surface area contributed by atoms with Crippen molar-refractivity contribution in [3.63, 3.8) is 0 Å². The number of carbonyl (C=O) groups is 1. The highest BCUT2D eigenvalue weighted by Crippen LogP contribution is 2.37. The molecule has 1 atom stereocenters. The summed E-state index contributed by atoms with van der Waals surface area (Å²) in [6.07, 6.45) is 0.799. The second-order valence-electron chi connectivity index (χ2n) is 3.44. The van der Waals surface area contributed by atoms with Crippen LogP contribution in [0, 0.1) is 0 Å². The molecule has 1 unspecified atom stereocenters. The zero-order valence-corrected chi connectivity index (χ0v) is 9.58. The number of carbonyl (C=O) groups excluding carboxylic acids is 1. The quantitative estimate of drug-likeness (QED) is 0.715. The van der Waals surface area contributed by atoms with E-state index in [2.05, 4.69) is 12.1 Å². The van der Waals surface area contributed by atoms with Gasteiger partial charge in [0.05, 0.1) is 12.4 Å². The van der Waals surface area contributed by atoms with Crippen LogP contribution in [0.15, 0.2) is 29.2 Å². The summed E-state index contributed by atoms with van der Waals surface area (Å²) in [6.45, 7) is 0. The molecule has 0 spiro atoms. The summed E-state index contributed by atoms with van der Waals surface area (Å²) in [4.78, 5) is 17.9. The van der Waals surface area contributed by atoms with Crippen LogP contribution in [-0.4, -0.2) is 30.4 Å². The van der Waals surface area contributed by atoms with E-state index in [0.717, 1.165) is 6.42 Å². The van der Waals surface area contributed by atoms with Gasteiger partial charge in [-0.05, 0) is 18.1 Å². The summed E-state index contributed by atoms with van der Waals surface area (Å²) in [5.41, 5.74) is 1.25. The maximum absolute atomic E-state index is 11.8. The van der Waals surface area contributed by atoms with Crippen LogP contribution in [0.1, 0.15) is 5.56 Å². The van der Waals surface area contributed by atoms with Crippen LogP contribution in [-0.2, 0) is 16.1 Å². The summed E-state index contributed by atoms with van der Waals surface area (Å²) >= 11 is 1.62. The second kappa shape index (κ2) is 4.24. The van der Waals surface area contributed by atoms with Gasteiger partial charge in [0.25, 0.3) is 5.91 Å². The average molecular weight is 223 g/mol. The van der Waals surface area contributed by atoms with Crippen LogP contribution in [0.5, 0.6) is 0 Å². The number of rotatable bonds is 2. The third-order valence-corrected chi connectivity index (χ3v) is 3.81. The minimum absolute atomic E-state index is 0.0266. The molecule has 1 heterocycles. The lowest BCUT2D eigenvalue weighted by Gasteiger charge is -2.17. The molecule has 1 aliphatic rings. The first-order chi connectivity index (χ1) is 7.22. The molecule has 1 aliphatic heterocycles. The van der Waals surface area contributed by atoms with Crippen molar-refractivity contribution in [1.82, 2.24) is 5.06 Å². The van der Waals surface area contributed by atoms with Crippen LogP contribution in [0.4, 0.5) is 0 Å². The molecule has 4 heteroatoms. The SMILES string of the molecule is CON(C)C(=O)C1Cc2ccccc2S1. The highest BCUT2D eigenvalue weighted by atomic mass is 32.2. The Morgan fingerprint density at radius 3 is 2.93 bits per heavy atom. The largest absolute Gasteiger partial charge is 0.275 e. The topological polar surface area (TPSA) is 29.5 Å². The molecule has 3 nitrogen and oxygen atoms in total. The molecule has 0 fully saturated rings. The van der Waals surface area contributed by atoms with E-state index in [-0.39, 0.29) is 11.2 Å². The zero-order chi connectivity index (χ0) is 10.8. The van der Waals surface area contributed by atoms with Gasteiger partial charge in [0.1, 0.15) is 0 Å². The van der Waals surface area contributed by atoms with Crippen molar-refractivity contribution in [2.45, 2.75) is 16.6 Å². The molecule has 0 aromatic heterocycles. The number of amides is 1. The molecule has 1 amide bonds. The summed E-state index contributed by atoms with van der Waals surface area (Å²) in [7, 11) is 3.15. The van der Waals surface area contributed by atoms with E-state index in [4.69, 9.17) is 4.84 Å². The first kappa shape index (κ1) is 10.5. The average Bonchev–Trinajstić information content (AvgIpc) is 2.70. The number of benzene rings is 1. The van der Waals surface area contributed by atoms with Gasteiger partial charge in [-0.1, -0.05) is 18.2 Å². The van der Waals surface area contributed by atoms with Gasteiger partial charge in [-0.25, -0.2) is 5.06 Å². The second-order valence-corrected chi connectivity index (χ2v) is 4.68. The number of thioether (sulfide) groups is 1. The Bertz CT molecular complexity index is 356. The highest BCUT2D eigenvalue weighted by Gasteiger charge is 2.30. The minimum atomic E-state index is -0.0349. The lowest BCUT2D eigenvalue weighted by atomic mass is 10.1. The predicted molar refractivity (Wildman–Crippen MR) is 59.6 cm³/mol. The fraction of sp³-hybridized carbons (Fsp3) is 0.364. The number of fused-ring (bicyclic) bond motifs is 1. The summed E-state index contributed by atoms with van der Waals surface area (Å²) in [5, 5.41) is 1.26. The number of nitrogens with zero attached hydrogens (tertiary/aromatic N) is 1. The van der Waals surface area contributed by atoms with E-state index in [0.29, 0.717) is 0 Å². The van der Waals surface area contributed by atoms with Gasteiger partial charge in [-0.3, -0.25) is 9.63 Å². The standard InChI is InChI=1S/C11H13NO2S/c1-12(14-2)11(13)10-7-8-5-3-4-6-9(8)15-10/h3-6,10H,7H2,1-2H3. The van der Waals surface area contributed by atoms with E-state index in [1.165, 1.54) is 22.6 Å². The van der Waals surface area contributed by atoms with Crippen molar-refractivity contribution < 1.29 is 9.63 Å². The summed E-state index contributed by atoms with van der Waals surface area (Å²) in [5.74, 6) is 0.0266. The van der Waals surface area contributed by atoms with Crippen molar-refractivity contribution in [1.29, 1.82) is 0 Å². The fourth-order valence-electron chi connectivity index (χ4n) is 1.61. The van der Waals surface area contributed by atoms with Crippen LogP contribution in [0.2, 0.25) is 0 Å². The Kier molecular flexibility index (Phi) is 2.98. The lowest BCUT2D eigenvalue weighted by molar-refractivity contribution is -0.167. The first-order valence-corrected chi connectivity index (χ1v) is 5.66. The fourth-order valence-corrected chi connectivity index (χ4v) is 2.89. The molecule has 15 heavy (non-hydrogen) atoms. The van der Waals surface area contributed by atoms with E-state index < -0.39 is 0 Å². The van der Waals surface area contributed by atoms with Gasteiger partial charge in [0, 0.05) is 11.9 Å². The van der Waals surface area contributed by atoms with E-state index in [1.54, 1.807) is 18.8 Å². The van der Waals surface area contributed by atoms with E-state index >= 15 is 0 Å². The Morgan fingerprint density at radius 1 is 1.53 bits per heavy atom. The van der Waals surface area contributed by atoms with Crippen molar-refractivity contribution in [3.05, 3.63) is 29.8 Å². The molecule has 0 saturated heterocycles. The smallest absolute Gasteiger partial charge is 0.259 e. The van der Waals surface area contributed by atoms with Gasteiger partial charge in [0.15, 0.2) is 0 Å². The van der Waals surface area contributed by atoms with E-state index in [1.807, 2.05) is 12.1 Å². The number of hydroxylamine groups is 2. The molecule has 0 bridgehead atoms. The maximum Gasteiger partial charge on any atom is 0.259 e. The Balaban J connectivity index is 2.10. The van der Waals surface area contributed by atoms with Gasteiger partial charge in [0.2, 0.25) is 0 Å². The molecule has 1 aromatic carbocycles. The molecule has 0 radical (unpaired) electrons. The Hall–Kier alpha value is -1.00. The monoisotopic (exact) mass is 223 g/mol. The molecule has 2 rings (SSSR count). The number of hydrogen-bond acceptors (Lipinski definition) is 3. The van der Waals surface area contributed by atoms with Crippen molar-refractivity contribution in [2.24, 2.45) is 0 Å². The summed E-state index contributed by atoms with van der Waals surface area (Å²) in [6, 6.07) is 8.13. The maximum atomic E-state index is 11.8.